The Morgan fingerprint density at radius 3 is 2.57 bits per heavy atom. The zero-order valence-corrected chi connectivity index (χ0v) is 12.5. The summed E-state index contributed by atoms with van der Waals surface area (Å²) in [5.41, 5.74) is 2.17. The van der Waals surface area contributed by atoms with E-state index in [1.54, 1.807) is 24.3 Å². The van der Waals surface area contributed by atoms with Crippen molar-refractivity contribution < 1.29 is 4.92 Å². The predicted octanol–water partition coefficient (Wildman–Crippen LogP) is 2.49. The summed E-state index contributed by atoms with van der Waals surface area (Å²) in [4.78, 5) is 14.5. The van der Waals surface area contributed by atoms with Gasteiger partial charge in [0.05, 0.1) is 22.5 Å². The number of aromatic nitrogens is 2. The summed E-state index contributed by atoms with van der Waals surface area (Å²) >= 11 is 0. The second-order valence-corrected chi connectivity index (χ2v) is 5.52. The number of hydrogen-bond donors (Lipinski definition) is 1. The lowest BCUT2D eigenvalue weighted by molar-refractivity contribution is -0.384. The van der Waals surface area contributed by atoms with E-state index in [0.29, 0.717) is 0 Å². The first kappa shape index (κ1) is 15.2. The van der Waals surface area contributed by atoms with E-state index in [2.05, 4.69) is 28.7 Å². The molecule has 0 amide bonds. The summed E-state index contributed by atoms with van der Waals surface area (Å²) < 4.78 is 2.11. The van der Waals surface area contributed by atoms with Gasteiger partial charge in [0.1, 0.15) is 0 Å². The highest BCUT2D eigenvalue weighted by molar-refractivity contribution is 5.32. The lowest BCUT2D eigenvalue weighted by Gasteiger charge is -2.25. The molecule has 6 heteroatoms. The SMILES string of the molecule is CNC(C)(C)c1cncn1CCc1ccc([N+](=O)[O-])cc1. The van der Waals surface area contributed by atoms with Crippen LogP contribution in [0.1, 0.15) is 25.1 Å². The summed E-state index contributed by atoms with van der Waals surface area (Å²) in [6.45, 7) is 5.00. The molecule has 0 atom stereocenters. The second kappa shape index (κ2) is 6.05. The Labute approximate surface area is 124 Å². The largest absolute Gasteiger partial charge is 0.333 e. The molecule has 21 heavy (non-hydrogen) atoms. The lowest BCUT2D eigenvalue weighted by atomic mass is 10.0. The summed E-state index contributed by atoms with van der Waals surface area (Å²) in [6, 6.07) is 6.69. The van der Waals surface area contributed by atoms with Crippen LogP contribution in [0, 0.1) is 10.1 Å². The average Bonchev–Trinajstić information content (AvgIpc) is 2.95. The van der Waals surface area contributed by atoms with Crippen molar-refractivity contribution in [2.24, 2.45) is 0 Å². The Morgan fingerprint density at radius 2 is 2.00 bits per heavy atom. The number of hydrogen-bond acceptors (Lipinski definition) is 4. The molecule has 2 rings (SSSR count). The van der Waals surface area contributed by atoms with E-state index in [9.17, 15) is 10.1 Å². The molecule has 0 bridgehead atoms. The fourth-order valence-corrected chi connectivity index (χ4v) is 2.18. The zero-order valence-electron chi connectivity index (χ0n) is 12.5. The molecule has 0 unspecified atom stereocenters. The number of nitro groups is 1. The number of rotatable bonds is 6. The molecule has 0 fully saturated rings. The minimum Gasteiger partial charge on any atom is -0.333 e. The van der Waals surface area contributed by atoms with Gasteiger partial charge in [-0.05, 0) is 32.9 Å². The monoisotopic (exact) mass is 288 g/mol. The lowest BCUT2D eigenvalue weighted by Crippen LogP contribution is -2.35. The van der Waals surface area contributed by atoms with Gasteiger partial charge in [-0.25, -0.2) is 4.98 Å². The number of imidazole rings is 1. The van der Waals surface area contributed by atoms with Crippen molar-refractivity contribution >= 4 is 5.69 Å². The van der Waals surface area contributed by atoms with Crippen LogP contribution in [0.25, 0.3) is 0 Å². The predicted molar refractivity (Wildman–Crippen MR) is 81.1 cm³/mol. The molecule has 1 heterocycles. The molecule has 112 valence electrons. The van der Waals surface area contributed by atoms with E-state index >= 15 is 0 Å². The third-order valence-corrected chi connectivity index (χ3v) is 3.77. The van der Waals surface area contributed by atoms with E-state index < -0.39 is 0 Å². The van der Waals surface area contributed by atoms with Crippen molar-refractivity contribution in [3.8, 4) is 0 Å². The van der Waals surface area contributed by atoms with Crippen molar-refractivity contribution in [1.82, 2.24) is 14.9 Å². The minimum absolute atomic E-state index is 0.124. The smallest absolute Gasteiger partial charge is 0.269 e. The molecule has 0 aliphatic heterocycles. The van der Waals surface area contributed by atoms with E-state index in [4.69, 9.17) is 0 Å². The summed E-state index contributed by atoms with van der Waals surface area (Å²) in [5, 5.41) is 13.9. The van der Waals surface area contributed by atoms with Crippen molar-refractivity contribution in [2.45, 2.75) is 32.4 Å². The van der Waals surface area contributed by atoms with E-state index in [1.807, 2.05) is 19.6 Å². The van der Waals surface area contributed by atoms with Crippen LogP contribution < -0.4 is 5.32 Å². The number of aryl methyl sites for hydroxylation is 2. The first-order chi connectivity index (χ1) is 9.94. The fourth-order valence-electron chi connectivity index (χ4n) is 2.18. The number of nitro benzene ring substituents is 1. The Kier molecular flexibility index (Phi) is 4.37. The van der Waals surface area contributed by atoms with Gasteiger partial charge in [-0.1, -0.05) is 12.1 Å². The number of nitrogens with zero attached hydrogens (tertiary/aromatic N) is 3. The van der Waals surface area contributed by atoms with Crippen LogP contribution in [0.4, 0.5) is 5.69 Å². The maximum atomic E-state index is 10.6. The normalized spacial score (nSPS) is 11.6. The van der Waals surface area contributed by atoms with Crippen molar-refractivity contribution in [3.05, 3.63) is 58.2 Å². The van der Waals surface area contributed by atoms with Crippen molar-refractivity contribution in [2.75, 3.05) is 7.05 Å². The molecular formula is C15H20N4O2. The van der Waals surface area contributed by atoms with E-state index in [0.717, 1.165) is 24.2 Å². The quantitative estimate of drug-likeness (QED) is 0.654. The molecule has 1 aromatic carbocycles. The minimum atomic E-state index is -0.382. The van der Waals surface area contributed by atoms with Crippen LogP contribution >= 0.6 is 0 Å². The molecule has 6 nitrogen and oxygen atoms in total. The van der Waals surface area contributed by atoms with Crippen LogP contribution in [-0.2, 0) is 18.5 Å². The zero-order chi connectivity index (χ0) is 15.5. The molecule has 0 spiro atoms. The van der Waals surface area contributed by atoms with Gasteiger partial charge in [0.25, 0.3) is 5.69 Å². The molecule has 1 N–H and O–H groups in total. The van der Waals surface area contributed by atoms with E-state index in [-0.39, 0.29) is 16.1 Å². The topological polar surface area (TPSA) is 73.0 Å². The van der Waals surface area contributed by atoms with Gasteiger partial charge in [0.15, 0.2) is 0 Å². The van der Waals surface area contributed by atoms with Crippen molar-refractivity contribution in [3.63, 3.8) is 0 Å². The maximum Gasteiger partial charge on any atom is 0.269 e. The Bertz CT molecular complexity index is 617. The molecule has 0 radical (unpaired) electrons. The third-order valence-electron chi connectivity index (χ3n) is 3.77. The molecule has 0 saturated carbocycles. The first-order valence-electron chi connectivity index (χ1n) is 6.87. The highest BCUT2D eigenvalue weighted by Crippen LogP contribution is 2.19. The van der Waals surface area contributed by atoms with Gasteiger partial charge in [-0.3, -0.25) is 10.1 Å². The van der Waals surface area contributed by atoms with Gasteiger partial charge in [-0.2, -0.15) is 0 Å². The Balaban J connectivity index is 2.07. The van der Waals surface area contributed by atoms with Crippen LogP contribution in [0.2, 0.25) is 0 Å². The maximum absolute atomic E-state index is 10.6. The first-order valence-corrected chi connectivity index (χ1v) is 6.87. The summed E-state index contributed by atoms with van der Waals surface area (Å²) in [5.74, 6) is 0. The van der Waals surface area contributed by atoms with Gasteiger partial charge in [0, 0.05) is 24.9 Å². The average molecular weight is 288 g/mol. The van der Waals surface area contributed by atoms with Gasteiger partial charge >= 0.3 is 0 Å². The molecule has 0 saturated heterocycles. The number of benzene rings is 1. The molecule has 2 aromatic rings. The molecular weight excluding hydrogens is 268 g/mol. The summed E-state index contributed by atoms with van der Waals surface area (Å²) in [7, 11) is 1.92. The number of non-ortho nitro benzene ring substituents is 1. The standard InChI is InChI=1S/C15H20N4O2/c1-15(2,16-3)14-10-17-11-18(14)9-8-12-4-6-13(7-5-12)19(20)21/h4-7,10-11,16H,8-9H2,1-3H3. The van der Waals surface area contributed by atoms with Gasteiger partial charge in [-0.15, -0.1) is 0 Å². The van der Waals surface area contributed by atoms with Crippen LogP contribution in [0.3, 0.4) is 0 Å². The van der Waals surface area contributed by atoms with Crippen molar-refractivity contribution in [1.29, 1.82) is 0 Å². The molecule has 0 aliphatic rings. The van der Waals surface area contributed by atoms with Gasteiger partial charge < -0.3 is 9.88 Å². The van der Waals surface area contributed by atoms with Crippen LogP contribution in [0.5, 0.6) is 0 Å². The van der Waals surface area contributed by atoms with Crippen LogP contribution in [0.15, 0.2) is 36.8 Å². The van der Waals surface area contributed by atoms with E-state index in [1.165, 1.54) is 0 Å². The second-order valence-electron chi connectivity index (χ2n) is 5.52. The highest BCUT2D eigenvalue weighted by atomic mass is 16.6. The summed E-state index contributed by atoms with van der Waals surface area (Å²) in [6.07, 6.45) is 4.49. The third kappa shape index (κ3) is 3.46. The fraction of sp³-hybridized carbons (Fsp3) is 0.400. The highest BCUT2D eigenvalue weighted by Gasteiger charge is 2.21. The molecule has 0 aliphatic carbocycles. The Hall–Kier alpha value is -2.21. The van der Waals surface area contributed by atoms with Crippen LogP contribution in [-0.4, -0.2) is 21.5 Å². The number of nitrogens with one attached hydrogen (secondary N) is 1. The molecule has 1 aromatic heterocycles. The Morgan fingerprint density at radius 1 is 1.33 bits per heavy atom. The van der Waals surface area contributed by atoms with Gasteiger partial charge in [0.2, 0.25) is 0 Å².